The highest BCUT2D eigenvalue weighted by Crippen LogP contribution is 2.40. The van der Waals surface area contributed by atoms with E-state index in [2.05, 4.69) is 11.5 Å². The van der Waals surface area contributed by atoms with Crippen LogP contribution in [-0.4, -0.2) is 35.3 Å². The SMILES string of the molecule is C=CCN1/C(=C2/SC(=S)N(CC)C2=O)C=Cc2cc(OC)ccc21. The molecule has 2 aliphatic rings. The van der Waals surface area contributed by atoms with Crippen molar-refractivity contribution in [2.45, 2.75) is 6.92 Å². The molecule has 1 fully saturated rings. The zero-order chi connectivity index (χ0) is 17.3. The minimum Gasteiger partial charge on any atom is -0.497 e. The summed E-state index contributed by atoms with van der Waals surface area (Å²) in [5.74, 6) is 0.774. The van der Waals surface area contributed by atoms with Gasteiger partial charge in [-0.1, -0.05) is 36.1 Å². The molecule has 24 heavy (non-hydrogen) atoms. The van der Waals surface area contributed by atoms with Gasteiger partial charge >= 0.3 is 0 Å². The average Bonchev–Trinajstić information content (AvgIpc) is 2.88. The van der Waals surface area contributed by atoms with Crippen molar-refractivity contribution in [1.29, 1.82) is 0 Å². The maximum atomic E-state index is 12.7. The number of methoxy groups -OCH3 is 1. The van der Waals surface area contributed by atoms with E-state index in [0.717, 1.165) is 22.7 Å². The van der Waals surface area contributed by atoms with Crippen LogP contribution in [0, 0.1) is 0 Å². The van der Waals surface area contributed by atoms with Gasteiger partial charge in [0.25, 0.3) is 5.91 Å². The Morgan fingerprint density at radius 3 is 2.75 bits per heavy atom. The molecule has 1 aromatic carbocycles. The number of carbonyl (C=O) groups is 1. The molecule has 2 heterocycles. The summed E-state index contributed by atoms with van der Waals surface area (Å²) in [6.07, 6.45) is 5.80. The zero-order valence-electron chi connectivity index (χ0n) is 13.6. The van der Waals surface area contributed by atoms with Gasteiger partial charge in [0.2, 0.25) is 0 Å². The lowest BCUT2D eigenvalue weighted by Gasteiger charge is -2.30. The molecule has 0 aromatic heterocycles. The Hall–Kier alpha value is -2.05. The van der Waals surface area contributed by atoms with Gasteiger partial charge in [-0.05, 0) is 31.2 Å². The van der Waals surface area contributed by atoms with Crippen LogP contribution in [-0.2, 0) is 4.79 Å². The maximum Gasteiger partial charge on any atom is 0.268 e. The monoisotopic (exact) mass is 358 g/mol. The van der Waals surface area contributed by atoms with Gasteiger partial charge in [0, 0.05) is 24.3 Å². The summed E-state index contributed by atoms with van der Waals surface area (Å²) in [6, 6.07) is 5.90. The number of hydrogen-bond acceptors (Lipinski definition) is 5. The molecule has 124 valence electrons. The van der Waals surface area contributed by atoms with Crippen molar-refractivity contribution in [3.8, 4) is 5.75 Å². The molecule has 3 rings (SSSR count). The summed E-state index contributed by atoms with van der Waals surface area (Å²) in [4.78, 5) is 17.0. The van der Waals surface area contributed by atoms with Crippen LogP contribution in [0.3, 0.4) is 0 Å². The van der Waals surface area contributed by atoms with Crippen molar-refractivity contribution in [1.82, 2.24) is 4.90 Å². The van der Waals surface area contributed by atoms with Gasteiger partial charge < -0.3 is 9.64 Å². The first-order valence-corrected chi connectivity index (χ1v) is 8.85. The number of hydrogen-bond donors (Lipinski definition) is 0. The van der Waals surface area contributed by atoms with Crippen LogP contribution >= 0.6 is 24.0 Å². The molecule has 0 spiro atoms. The topological polar surface area (TPSA) is 32.8 Å². The summed E-state index contributed by atoms with van der Waals surface area (Å²) < 4.78 is 5.90. The molecule has 0 bridgehead atoms. The first kappa shape index (κ1) is 16.8. The highest BCUT2D eigenvalue weighted by atomic mass is 32.2. The Labute approximate surface area is 151 Å². The molecule has 0 saturated carbocycles. The highest BCUT2D eigenvalue weighted by molar-refractivity contribution is 8.26. The fraction of sp³-hybridized carbons (Fsp3) is 0.222. The first-order chi connectivity index (χ1) is 11.6. The third-order valence-corrected chi connectivity index (χ3v) is 5.40. The zero-order valence-corrected chi connectivity index (χ0v) is 15.2. The van der Waals surface area contributed by atoms with Crippen molar-refractivity contribution in [2.24, 2.45) is 0 Å². The minimum atomic E-state index is -0.0295. The molecule has 2 aliphatic heterocycles. The Balaban J connectivity index is 2.10. The molecule has 1 saturated heterocycles. The number of benzene rings is 1. The molecule has 0 atom stereocenters. The number of amides is 1. The van der Waals surface area contributed by atoms with Gasteiger partial charge in [0.05, 0.1) is 12.8 Å². The summed E-state index contributed by atoms with van der Waals surface area (Å²) >= 11 is 6.69. The fourth-order valence-electron chi connectivity index (χ4n) is 2.78. The van der Waals surface area contributed by atoms with E-state index >= 15 is 0 Å². The largest absolute Gasteiger partial charge is 0.497 e. The summed E-state index contributed by atoms with van der Waals surface area (Å²) in [5.41, 5.74) is 2.93. The summed E-state index contributed by atoms with van der Waals surface area (Å²) in [7, 11) is 1.65. The number of carbonyl (C=O) groups excluding carboxylic acids is 1. The summed E-state index contributed by atoms with van der Waals surface area (Å²) in [6.45, 7) is 6.97. The molecule has 0 radical (unpaired) electrons. The van der Waals surface area contributed by atoms with E-state index in [9.17, 15) is 4.79 Å². The van der Waals surface area contributed by atoms with Gasteiger partial charge in [0.15, 0.2) is 0 Å². The minimum absolute atomic E-state index is 0.0295. The number of fused-ring (bicyclic) bond motifs is 1. The lowest BCUT2D eigenvalue weighted by Crippen LogP contribution is -2.30. The number of thioether (sulfide) groups is 1. The molecule has 4 nitrogen and oxygen atoms in total. The van der Waals surface area contributed by atoms with E-state index < -0.39 is 0 Å². The fourth-order valence-corrected chi connectivity index (χ4v) is 4.22. The molecular weight excluding hydrogens is 340 g/mol. The number of thiocarbonyl (C=S) groups is 1. The predicted octanol–water partition coefficient (Wildman–Crippen LogP) is 3.81. The number of rotatable bonds is 4. The number of allylic oxidation sites excluding steroid dienone is 1. The number of anilines is 1. The average molecular weight is 358 g/mol. The Morgan fingerprint density at radius 1 is 1.33 bits per heavy atom. The predicted molar refractivity (Wildman–Crippen MR) is 104 cm³/mol. The highest BCUT2D eigenvalue weighted by Gasteiger charge is 2.35. The number of nitrogens with zero attached hydrogens (tertiary/aromatic N) is 2. The lowest BCUT2D eigenvalue weighted by molar-refractivity contribution is -0.122. The normalized spacial score (nSPS) is 19.8. The van der Waals surface area contributed by atoms with Crippen molar-refractivity contribution in [2.75, 3.05) is 25.1 Å². The first-order valence-electron chi connectivity index (χ1n) is 7.63. The van der Waals surface area contributed by atoms with Crippen LogP contribution in [0.15, 0.2) is 47.5 Å². The van der Waals surface area contributed by atoms with Crippen LogP contribution < -0.4 is 9.64 Å². The Kier molecular flexibility index (Phi) is 4.78. The van der Waals surface area contributed by atoms with E-state index in [1.807, 2.05) is 43.4 Å². The lowest BCUT2D eigenvalue weighted by atomic mass is 10.0. The van der Waals surface area contributed by atoms with Crippen molar-refractivity contribution >= 4 is 46.0 Å². The Bertz CT molecular complexity index is 783. The van der Waals surface area contributed by atoms with Crippen molar-refractivity contribution in [3.63, 3.8) is 0 Å². The smallest absolute Gasteiger partial charge is 0.268 e. The maximum absolute atomic E-state index is 12.7. The third-order valence-electron chi connectivity index (χ3n) is 3.95. The van der Waals surface area contributed by atoms with E-state index in [0.29, 0.717) is 22.3 Å². The van der Waals surface area contributed by atoms with Gasteiger partial charge in [-0.25, -0.2) is 0 Å². The van der Waals surface area contributed by atoms with E-state index in [-0.39, 0.29) is 5.91 Å². The number of likely N-dealkylation sites (N-methyl/N-ethyl adjacent to an activating group) is 1. The molecule has 6 heteroatoms. The van der Waals surface area contributed by atoms with E-state index in [1.165, 1.54) is 11.8 Å². The molecule has 0 N–H and O–H groups in total. The van der Waals surface area contributed by atoms with E-state index in [4.69, 9.17) is 17.0 Å². The second-order valence-corrected chi connectivity index (χ2v) is 6.93. The second-order valence-electron chi connectivity index (χ2n) is 5.29. The van der Waals surface area contributed by atoms with Crippen LogP contribution in [0.1, 0.15) is 12.5 Å². The molecular formula is C18H18N2O2S2. The second kappa shape index (κ2) is 6.83. The number of ether oxygens (including phenoxy) is 1. The van der Waals surface area contributed by atoms with Crippen LogP contribution in [0.5, 0.6) is 5.75 Å². The standard InChI is InChI=1S/C18H18N2O2S2/c1-4-10-20-14-9-7-13(22-3)11-12(14)6-8-15(20)16-17(21)19(5-2)18(23)24-16/h4,6-9,11H,1,5,10H2,2-3H3/b16-15+. The molecule has 0 aliphatic carbocycles. The molecule has 0 unspecified atom stereocenters. The van der Waals surface area contributed by atoms with Crippen molar-refractivity contribution < 1.29 is 9.53 Å². The van der Waals surface area contributed by atoms with Gasteiger partial charge in [-0.3, -0.25) is 9.69 Å². The van der Waals surface area contributed by atoms with Gasteiger partial charge in [-0.15, -0.1) is 6.58 Å². The summed E-state index contributed by atoms with van der Waals surface area (Å²) in [5, 5.41) is 0. The van der Waals surface area contributed by atoms with Gasteiger partial charge in [-0.2, -0.15) is 0 Å². The third kappa shape index (κ3) is 2.76. The molecule has 1 amide bonds. The van der Waals surface area contributed by atoms with Crippen LogP contribution in [0.2, 0.25) is 0 Å². The van der Waals surface area contributed by atoms with Crippen molar-refractivity contribution in [3.05, 3.63) is 53.1 Å². The van der Waals surface area contributed by atoms with Crippen LogP contribution in [0.25, 0.3) is 6.08 Å². The van der Waals surface area contributed by atoms with Gasteiger partial charge in [0.1, 0.15) is 15.0 Å². The van der Waals surface area contributed by atoms with E-state index in [1.54, 1.807) is 12.0 Å². The molecule has 1 aromatic rings. The quantitative estimate of drug-likeness (QED) is 0.464. The Morgan fingerprint density at radius 2 is 2.12 bits per heavy atom. The van der Waals surface area contributed by atoms with Crippen LogP contribution in [0.4, 0.5) is 5.69 Å².